The molecule has 0 saturated heterocycles. The molecule has 0 bridgehead atoms. The standard InChI is InChI=1S/C21H24ClN7O/c1-13(2)27-17-6-18(19-10-24-20-5-15(22)8-26-29(19)20)23-9-16(17)14-7-25-28(11-14)12-21(3,4)30/h5-11,13,30H,12H2,1-4H3,(H,23,27). The molecule has 4 aromatic heterocycles. The molecule has 4 heterocycles. The summed E-state index contributed by atoms with van der Waals surface area (Å²) < 4.78 is 3.45. The summed E-state index contributed by atoms with van der Waals surface area (Å²) in [6.07, 6.45) is 8.84. The minimum Gasteiger partial charge on any atom is -0.389 e. The Balaban J connectivity index is 1.76. The lowest BCUT2D eigenvalue weighted by Gasteiger charge is -2.17. The van der Waals surface area contributed by atoms with Crippen molar-refractivity contribution in [3.05, 3.63) is 48.1 Å². The minimum absolute atomic E-state index is 0.226. The van der Waals surface area contributed by atoms with Crippen molar-refractivity contribution in [3.63, 3.8) is 0 Å². The van der Waals surface area contributed by atoms with Crippen molar-refractivity contribution in [1.82, 2.24) is 29.4 Å². The molecule has 8 nitrogen and oxygen atoms in total. The Hall–Kier alpha value is -2.97. The van der Waals surface area contributed by atoms with E-state index in [0.717, 1.165) is 28.2 Å². The van der Waals surface area contributed by atoms with Crippen LogP contribution in [0.1, 0.15) is 27.7 Å². The molecular formula is C21H24ClN7O. The fourth-order valence-electron chi connectivity index (χ4n) is 3.27. The fraction of sp³-hybridized carbons (Fsp3) is 0.333. The van der Waals surface area contributed by atoms with Gasteiger partial charge in [-0.2, -0.15) is 10.2 Å². The van der Waals surface area contributed by atoms with E-state index in [4.69, 9.17) is 11.6 Å². The third kappa shape index (κ3) is 4.29. The van der Waals surface area contributed by atoms with Gasteiger partial charge in [-0.05, 0) is 33.8 Å². The first-order valence-corrected chi connectivity index (χ1v) is 10.1. The van der Waals surface area contributed by atoms with Crippen LogP contribution in [0.15, 0.2) is 43.1 Å². The molecule has 9 heteroatoms. The number of fused-ring (bicyclic) bond motifs is 1. The molecule has 0 aliphatic heterocycles. The van der Waals surface area contributed by atoms with Crippen molar-refractivity contribution in [2.24, 2.45) is 0 Å². The Labute approximate surface area is 179 Å². The van der Waals surface area contributed by atoms with Gasteiger partial charge in [-0.3, -0.25) is 9.67 Å². The number of anilines is 1. The highest BCUT2D eigenvalue weighted by molar-refractivity contribution is 6.30. The van der Waals surface area contributed by atoms with Gasteiger partial charge in [0.2, 0.25) is 0 Å². The van der Waals surface area contributed by atoms with Crippen LogP contribution in [-0.4, -0.2) is 46.1 Å². The van der Waals surface area contributed by atoms with E-state index >= 15 is 0 Å². The molecule has 4 rings (SSSR count). The number of rotatable bonds is 6. The van der Waals surface area contributed by atoms with Crippen LogP contribution in [0, 0.1) is 0 Å². The van der Waals surface area contributed by atoms with Crippen molar-refractivity contribution in [2.75, 3.05) is 5.32 Å². The van der Waals surface area contributed by atoms with Gasteiger partial charge in [0.15, 0.2) is 5.65 Å². The topological polar surface area (TPSA) is 93.2 Å². The number of hydrogen-bond donors (Lipinski definition) is 2. The first kappa shape index (κ1) is 20.3. The highest BCUT2D eigenvalue weighted by Crippen LogP contribution is 2.31. The summed E-state index contributed by atoms with van der Waals surface area (Å²) in [5, 5.41) is 22.8. The van der Waals surface area contributed by atoms with Crippen LogP contribution in [0.5, 0.6) is 0 Å². The molecule has 0 aromatic carbocycles. The lowest BCUT2D eigenvalue weighted by atomic mass is 10.1. The predicted octanol–water partition coefficient (Wildman–Crippen LogP) is 3.90. The molecule has 0 unspecified atom stereocenters. The molecule has 0 radical (unpaired) electrons. The fourth-order valence-corrected chi connectivity index (χ4v) is 3.41. The zero-order valence-corrected chi connectivity index (χ0v) is 18.1. The van der Waals surface area contributed by atoms with Crippen molar-refractivity contribution in [1.29, 1.82) is 0 Å². The summed E-state index contributed by atoms with van der Waals surface area (Å²) in [6, 6.07) is 3.98. The minimum atomic E-state index is -0.844. The lowest BCUT2D eigenvalue weighted by Crippen LogP contribution is -2.26. The molecule has 2 N–H and O–H groups in total. The maximum Gasteiger partial charge on any atom is 0.155 e. The van der Waals surface area contributed by atoms with Crippen LogP contribution < -0.4 is 5.32 Å². The van der Waals surface area contributed by atoms with Gasteiger partial charge < -0.3 is 10.4 Å². The molecule has 0 saturated carbocycles. The van der Waals surface area contributed by atoms with Crippen LogP contribution in [-0.2, 0) is 6.54 Å². The molecule has 0 fully saturated rings. The van der Waals surface area contributed by atoms with Gasteiger partial charge in [0.25, 0.3) is 0 Å². The third-order valence-electron chi connectivity index (χ3n) is 4.43. The Morgan fingerprint density at radius 2 is 1.90 bits per heavy atom. The summed E-state index contributed by atoms with van der Waals surface area (Å²) >= 11 is 6.02. The lowest BCUT2D eigenvalue weighted by molar-refractivity contribution is 0.0577. The van der Waals surface area contributed by atoms with E-state index in [-0.39, 0.29) is 6.04 Å². The number of halogens is 1. The quantitative estimate of drug-likeness (QED) is 0.486. The maximum absolute atomic E-state index is 10.1. The summed E-state index contributed by atoms with van der Waals surface area (Å²) in [6.45, 7) is 8.08. The summed E-state index contributed by atoms with van der Waals surface area (Å²) in [4.78, 5) is 9.04. The molecule has 0 amide bonds. The van der Waals surface area contributed by atoms with Crippen LogP contribution in [0.2, 0.25) is 5.02 Å². The Bertz CT molecular complexity index is 1190. The number of pyridine rings is 1. The van der Waals surface area contributed by atoms with Crippen LogP contribution in [0.3, 0.4) is 0 Å². The zero-order chi connectivity index (χ0) is 21.5. The van der Waals surface area contributed by atoms with Crippen molar-refractivity contribution in [3.8, 4) is 22.5 Å². The largest absolute Gasteiger partial charge is 0.389 e. The molecule has 4 aromatic rings. The van der Waals surface area contributed by atoms with Crippen molar-refractivity contribution >= 4 is 22.9 Å². The molecule has 0 aliphatic rings. The van der Waals surface area contributed by atoms with Crippen molar-refractivity contribution < 1.29 is 5.11 Å². The average Bonchev–Trinajstić information content (AvgIpc) is 3.26. The number of hydrogen-bond acceptors (Lipinski definition) is 6. The number of aliphatic hydroxyl groups is 1. The monoisotopic (exact) mass is 425 g/mol. The first-order valence-electron chi connectivity index (χ1n) is 9.71. The van der Waals surface area contributed by atoms with Crippen LogP contribution >= 0.6 is 11.6 Å². The number of aromatic nitrogens is 6. The van der Waals surface area contributed by atoms with Crippen LogP contribution in [0.4, 0.5) is 5.69 Å². The number of nitrogens with one attached hydrogen (secondary N) is 1. The van der Waals surface area contributed by atoms with Crippen LogP contribution in [0.25, 0.3) is 28.2 Å². The summed E-state index contributed by atoms with van der Waals surface area (Å²) in [5.74, 6) is 0. The van der Waals surface area contributed by atoms with E-state index in [2.05, 4.69) is 39.3 Å². The second-order valence-electron chi connectivity index (χ2n) is 8.24. The molecule has 30 heavy (non-hydrogen) atoms. The van der Waals surface area contributed by atoms with Gasteiger partial charge in [-0.15, -0.1) is 0 Å². The molecule has 156 valence electrons. The molecular weight excluding hydrogens is 402 g/mol. The van der Waals surface area contributed by atoms with Gasteiger partial charge in [-0.25, -0.2) is 9.50 Å². The highest BCUT2D eigenvalue weighted by atomic mass is 35.5. The molecule has 0 atom stereocenters. The number of imidazole rings is 1. The van der Waals surface area contributed by atoms with Gasteiger partial charge in [0, 0.05) is 41.3 Å². The van der Waals surface area contributed by atoms with Crippen molar-refractivity contribution in [2.45, 2.75) is 45.9 Å². The average molecular weight is 426 g/mol. The van der Waals surface area contributed by atoms with Gasteiger partial charge >= 0.3 is 0 Å². The Morgan fingerprint density at radius 1 is 1.10 bits per heavy atom. The maximum atomic E-state index is 10.1. The summed E-state index contributed by atoms with van der Waals surface area (Å²) in [5.41, 5.74) is 4.12. The normalized spacial score (nSPS) is 12.1. The first-order chi connectivity index (χ1) is 14.2. The second-order valence-corrected chi connectivity index (χ2v) is 8.68. The van der Waals surface area contributed by atoms with E-state index < -0.39 is 5.60 Å². The van der Waals surface area contributed by atoms with Gasteiger partial charge in [0.05, 0.1) is 41.5 Å². The highest BCUT2D eigenvalue weighted by Gasteiger charge is 2.17. The smallest absolute Gasteiger partial charge is 0.155 e. The number of nitrogens with zero attached hydrogens (tertiary/aromatic N) is 6. The molecule has 0 spiro atoms. The van der Waals surface area contributed by atoms with E-state index in [1.807, 2.05) is 18.5 Å². The Kier molecular flexibility index (Phi) is 5.21. The third-order valence-corrected chi connectivity index (χ3v) is 4.64. The predicted molar refractivity (Wildman–Crippen MR) is 118 cm³/mol. The second kappa shape index (κ2) is 7.70. The zero-order valence-electron chi connectivity index (χ0n) is 17.3. The molecule has 0 aliphatic carbocycles. The van der Waals surface area contributed by atoms with Gasteiger partial charge in [-0.1, -0.05) is 11.6 Å². The van der Waals surface area contributed by atoms with E-state index in [0.29, 0.717) is 17.2 Å². The van der Waals surface area contributed by atoms with Gasteiger partial charge in [0.1, 0.15) is 5.69 Å². The SMILES string of the molecule is CC(C)Nc1cc(-c2cnc3cc(Cl)cnn23)ncc1-c1cnn(CC(C)(C)O)c1. The van der Waals surface area contributed by atoms with E-state index in [9.17, 15) is 5.11 Å². The van der Waals surface area contributed by atoms with E-state index in [1.54, 1.807) is 47.7 Å². The summed E-state index contributed by atoms with van der Waals surface area (Å²) in [7, 11) is 0. The Morgan fingerprint density at radius 3 is 2.63 bits per heavy atom. The van der Waals surface area contributed by atoms with E-state index in [1.165, 1.54) is 0 Å².